The number of benzene rings is 1. The molecular weight excluding hydrogens is 428 g/mol. The second kappa shape index (κ2) is 10.3. The fourth-order valence-corrected chi connectivity index (χ4v) is 5.52. The van der Waals surface area contributed by atoms with Crippen LogP contribution in [0.1, 0.15) is 111 Å². The minimum absolute atomic E-state index is 0.00764. The largest absolute Gasteiger partial charge is 0.481 e. The van der Waals surface area contributed by atoms with Gasteiger partial charge in [0.1, 0.15) is 5.76 Å². The Morgan fingerprint density at radius 2 is 1.91 bits per heavy atom. The van der Waals surface area contributed by atoms with Gasteiger partial charge in [0.15, 0.2) is 0 Å². The predicted molar refractivity (Wildman–Crippen MR) is 132 cm³/mol. The van der Waals surface area contributed by atoms with Crippen LogP contribution in [0.4, 0.5) is 5.69 Å². The van der Waals surface area contributed by atoms with Gasteiger partial charge in [0.2, 0.25) is 5.91 Å². The molecule has 0 spiro atoms. The van der Waals surface area contributed by atoms with Crippen LogP contribution in [0.2, 0.25) is 0 Å². The second-order valence-corrected chi connectivity index (χ2v) is 11.0. The molecule has 0 radical (unpaired) electrons. The van der Waals surface area contributed by atoms with E-state index in [9.17, 15) is 14.7 Å². The molecule has 2 saturated carbocycles. The Kier molecular flexibility index (Phi) is 7.44. The molecular formula is C28H38N2O4. The van der Waals surface area contributed by atoms with Crippen molar-refractivity contribution in [3.8, 4) is 0 Å². The molecule has 1 unspecified atom stereocenters. The topological polar surface area (TPSA) is 92.4 Å². The number of nitrogens with zero attached hydrogens (tertiary/aromatic N) is 1. The Morgan fingerprint density at radius 1 is 1.18 bits per heavy atom. The minimum Gasteiger partial charge on any atom is -0.481 e. The molecule has 2 aliphatic carbocycles. The molecule has 1 aromatic carbocycles. The van der Waals surface area contributed by atoms with Gasteiger partial charge in [-0.2, -0.15) is 0 Å². The summed E-state index contributed by atoms with van der Waals surface area (Å²) in [5.74, 6) is 2.07. The van der Waals surface area contributed by atoms with Crippen LogP contribution in [0.25, 0.3) is 0 Å². The van der Waals surface area contributed by atoms with E-state index in [2.05, 4.69) is 24.3 Å². The van der Waals surface area contributed by atoms with E-state index in [1.165, 1.54) is 12.0 Å². The fraction of sp³-hybridized carbons (Fsp3) is 0.607. The average Bonchev–Trinajstić information content (AvgIpc) is 3.48. The minimum atomic E-state index is -0.855. The normalized spacial score (nSPS) is 20.7. The van der Waals surface area contributed by atoms with Crippen LogP contribution in [-0.2, 0) is 9.59 Å². The quantitative estimate of drug-likeness (QED) is 0.385. The van der Waals surface area contributed by atoms with Crippen molar-refractivity contribution in [3.63, 3.8) is 0 Å². The van der Waals surface area contributed by atoms with Crippen molar-refractivity contribution in [2.45, 2.75) is 96.8 Å². The van der Waals surface area contributed by atoms with Crippen molar-refractivity contribution < 1.29 is 19.2 Å². The number of anilines is 1. The Labute approximate surface area is 202 Å². The molecule has 2 aliphatic rings. The van der Waals surface area contributed by atoms with Crippen LogP contribution in [0, 0.1) is 25.7 Å². The third kappa shape index (κ3) is 5.89. The lowest BCUT2D eigenvalue weighted by Crippen LogP contribution is -2.24. The molecule has 4 rings (SSSR count). The molecule has 2 fully saturated rings. The van der Waals surface area contributed by atoms with Gasteiger partial charge in [-0.15, -0.1) is 0 Å². The lowest BCUT2D eigenvalue weighted by molar-refractivity contribution is -0.137. The van der Waals surface area contributed by atoms with Crippen LogP contribution < -0.4 is 5.32 Å². The molecule has 1 atom stereocenters. The first-order valence-electron chi connectivity index (χ1n) is 12.8. The number of nitrogens with one attached hydrogen (secondary N) is 1. The highest BCUT2D eigenvalue weighted by Crippen LogP contribution is 2.52. The molecule has 2 aromatic rings. The van der Waals surface area contributed by atoms with Crippen molar-refractivity contribution in [1.82, 2.24) is 5.16 Å². The van der Waals surface area contributed by atoms with Gasteiger partial charge in [0.25, 0.3) is 0 Å². The van der Waals surface area contributed by atoms with Crippen molar-refractivity contribution in [2.75, 3.05) is 5.32 Å². The summed E-state index contributed by atoms with van der Waals surface area (Å²) in [7, 11) is 0. The Morgan fingerprint density at radius 3 is 2.53 bits per heavy atom. The van der Waals surface area contributed by atoms with E-state index in [1.807, 2.05) is 32.0 Å². The Hall–Kier alpha value is -2.63. The smallest absolute Gasteiger partial charge is 0.303 e. The first kappa shape index (κ1) is 24.5. The average molecular weight is 467 g/mol. The first-order chi connectivity index (χ1) is 16.2. The first-order valence-corrected chi connectivity index (χ1v) is 12.8. The van der Waals surface area contributed by atoms with E-state index < -0.39 is 5.97 Å². The molecule has 0 saturated heterocycles. The van der Waals surface area contributed by atoms with Crippen LogP contribution in [0.15, 0.2) is 22.7 Å². The maximum atomic E-state index is 13.0. The second-order valence-electron chi connectivity index (χ2n) is 11.0. The monoisotopic (exact) mass is 466 g/mol. The van der Waals surface area contributed by atoms with Gasteiger partial charge in [-0.1, -0.05) is 36.7 Å². The number of aryl methyl sites for hydroxylation is 2. The number of carbonyl (C=O) groups is 2. The molecule has 0 bridgehead atoms. The number of carboxylic acid groups (broad SMARTS) is 1. The summed E-state index contributed by atoms with van der Waals surface area (Å²) in [6.45, 7) is 8.54. The van der Waals surface area contributed by atoms with Crippen molar-refractivity contribution >= 4 is 17.6 Å². The number of carboxylic acids is 1. The number of aromatic nitrogens is 1. The van der Waals surface area contributed by atoms with Gasteiger partial charge in [0, 0.05) is 35.9 Å². The number of carbonyl (C=O) groups excluding carboxylic acids is 1. The summed E-state index contributed by atoms with van der Waals surface area (Å²) in [5.41, 5.74) is 4.95. The highest BCUT2D eigenvalue weighted by Gasteiger charge is 2.41. The van der Waals surface area contributed by atoms with E-state index in [1.54, 1.807) is 0 Å². The van der Waals surface area contributed by atoms with E-state index in [0.717, 1.165) is 59.9 Å². The van der Waals surface area contributed by atoms with E-state index in [0.29, 0.717) is 24.2 Å². The van der Waals surface area contributed by atoms with Crippen molar-refractivity contribution in [3.05, 3.63) is 46.3 Å². The van der Waals surface area contributed by atoms with Gasteiger partial charge < -0.3 is 14.9 Å². The summed E-state index contributed by atoms with van der Waals surface area (Å²) in [6.07, 6.45) is 6.34. The van der Waals surface area contributed by atoms with Gasteiger partial charge in [-0.3, -0.25) is 9.59 Å². The summed E-state index contributed by atoms with van der Waals surface area (Å²) < 4.78 is 5.95. The lowest BCUT2D eigenvalue weighted by Gasteiger charge is -2.35. The third-order valence-corrected chi connectivity index (χ3v) is 7.36. The Bertz CT molecular complexity index is 1030. The zero-order valence-electron chi connectivity index (χ0n) is 20.9. The van der Waals surface area contributed by atoms with Gasteiger partial charge in [0.05, 0.1) is 5.69 Å². The van der Waals surface area contributed by atoms with Crippen LogP contribution in [0.3, 0.4) is 0 Å². The maximum absolute atomic E-state index is 13.0. The van der Waals surface area contributed by atoms with Gasteiger partial charge >= 0.3 is 5.97 Å². The third-order valence-electron chi connectivity index (χ3n) is 7.36. The van der Waals surface area contributed by atoms with Crippen molar-refractivity contribution in [2.24, 2.45) is 11.8 Å². The highest BCUT2D eigenvalue weighted by atomic mass is 16.5. The molecule has 1 aromatic heterocycles. The maximum Gasteiger partial charge on any atom is 0.303 e. The summed E-state index contributed by atoms with van der Waals surface area (Å²) in [4.78, 5) is 24.4. The number of rotatable bonds is 11. The summed E-state index contributed by atoms with van der Waals surface area (Å²) >= 11 is 0. The number of aliphatic carboxylic acids is 1. The number of hydrogen-bond acceptors (Lipinski definition) is 4. The zero-order valence-corrected chi connectivity index (χ0v) is 20.9. The molecule has 2 N–H and O–H groups in total. The van der Waals surface area contributed by atoms with Gasteiger partial charge in [-0.25, -0.2) is 0 Å². The predicted octanol–water partition coefficient (Wildman–Crippen LogP) is 6.69. The molecule has 6 heteroatoms. The standard InChI is InChI=1S/C28H38N2O4/c1-16(2)11-19-13-22(14-19)28-26(20-6-7-20)27(30-34-28)21(8-10-25(32)33)15-24(31)29-23-9-5-17(3)12-18(23)4/h5,9,12,16,19-22H,6-8,10-11,13-15H2,1-4H3,(H,29,31)(H,32,33). The fourth-order valence-electron chi connectivity index (χ4n) is 5.52. The number of amides is 1. The van der Waals surface area contributed by atoms with Gasteiger partial charge in [-0.05, 0) is 81.8 Å². The molecule has 34 heavy (non-hydrogen) atoms. The number of hydrogen-bond donors (Lipinski definition) is 2. The van der Waals surface area contributed by atoms with Crippen LogP contribution in [0.5, 0.6) is 0 Å². The molecule has 1 amide bonds. The molecule has 1 heterocycles. The zero-order chi connectivity index (χ0) is 24.4. The lowest BCUT2D eigenvalue weighted by atomic mass is 9.69. The van der Waals surface area contributed by atoms with Crippen LogP contribution in [-0.4, -0.2) is 22.1 Å². The summed E-state index contributed by atoms with van der Waals surface area (Å²) in [5, 5.41) is 16.8. The SMILES string of the molecule is Cc1ccc(NC(=O)CC(CCC(=O)O)c2noc(C3CC(CC(C)C)C3)c2C2CC2)c(C)c1. The molecule has 6 nitrogen and oxygen atoms in total. The molecule has 0 aliphatic heterocycles. The Balaban J connectivity index is 1.52. The van der Waals surface area contributed by atoms with E-state index in [-0.39, 0.29) is 24.7 Å². The summed E-state index contributed by atoms with van der Waals surface area (Å²) in [6, 6.07) is 5.94. The van der Waals surface area contributed by atoms with E-state index in [4.69, 9.17) is 4.52 Å². The van der Waals surface area contributed by atoms with Crippen molar-refractivity contribution in [1.29, 1.82) is 0 Å². The molecule has 184 valence electrons. The highest BCUT2D eigenvalue weighted by molar-refractivity contribution is 5.92. The van der Waals surface area contributed by atoms with Crippen LogP contribution >= 0.6 is 0 Å². The van der Waals surface area contributed by atoms with E-state index >= 15 is 0 Å².